The number of aliphatic hydroxyl groups is 3. The van der Waals surface area contributed by atoms with Gasteiger partial charge in [-0.25, -0.2) is 0 Å². The van der Waals surface area contributed by atoms with Gasteiger partial charge in [-0.05, 0) is 66.6 Å². The molecule has 3 N–H and O–H groups in total. The Morgan fingerprint density at radius 3 is 2.56 bits per heavy atom. The van der Waals surface area contributed by atoms with E-state index in [4.69, 9.17) is 0 Å². The van der Waals surface area contributed by atoms with E-state index >= 15 is 0 Å². The minimum Gasteiger partial charge on any atom is -0.337 e. The van der Waals surface area contributed by atoms with Crippen molar-refractivity contribution in [3.8, 4) is 0 Å². The summed E-state index contributed by atoms with van der Waals surface area (Å²) in [6.45, 7) is 6.43. The third kappa shape index (κ3) is 2.69. The Bertz CT molecular complexity index is 704. The molecule has 0 spiro atoms. The van der Waals surface area contributed by atoms with Crippen LogP contribution >= 0.6 is 0 Å². The van der Waals surface area contributed by atoms with Gasteiger partial charge in [-0.3, -0.25) is 9.59 Å². The molecule has 5 heteroatoms. The van der Waals surface area contributed by atoms with E-state index in [9.17, 15) is 24.9 Å². The maximum absolute atomic E-state index is 12.6. The first-order valence-electron chi connectivity index (χ1n) is 10.4. The Balaban J connectivity index is 1.68. The average Bonchev–Trinajstić information content (AvgIpc) is 2.84. The lowest BCUT2D eigenvalue weighted by atomic mass is 9.47. The summed E-state index contributed by atoms with van der Waals surface area (Å²) in [5.41, 5.74) is 1.09. The molecule has 0 bridgehead atoms. The number of hydrogen-bond acceptors (Lipinski definition) is 5. The first-order valence-corrected chi connectivity index (χ1v) is 10.4. The fourth-order valence-electron chi connectivity index (χ4n) is 7.61. The minimum atomic E-state index is -3.25. The van der Waals surface area contributed by atoms with Crippen molar-refractivity contribution >= 4 is 11.6 Å². The highest BCUT2D eigenvalue weighted by atomic mass is 16.7. The van der Waals surface area contributed by atoms with Crippen LogP contribution in [-0.2, 0) is 9.59 Å². The molecule has 7 atom stereocenters. The fourth-order valence-corrected chi connectivity index (χ4v) is 7.61. The summed E-state index contributed by atoms with van der Waals surface area (Å²) in [5, 5.41) is 28.6. The van der Waals surface area contributed by atoms with E-state index in [1.54, 1.807) is 0 Å². The molecule has 27 heavy (non-hydrogen) atoms. The first-order chi connectivity index (χ1) is 12.5. The topological polar surface area (TPSA) is 94.8 Å². The summed E-state index contributed by atoms with van der Waals surface area (Å²) < 4.78 is 0. The quantitative estimate of drug-likeness (QED) is 0.509. The Morgan fingerprint density at radius 1 is 1.19 bits per heavy atom. The molecule has 0 aromatic heterocycles. The van der Waals surface area contributed by atoms with Gasteiger partial charge in [-0.1, -0.05) is 32.4 Å². The minimum absolute atomic E-state index is 0.0168. The number of carbonyl (C=O) groups excluding carboxylic acids is 2. The van der Waals surface area contributed by atoms with E-state index in [0.29, 0.717) is 36.4 Å². The Kier molecular flexibility index (Phi) is 4.27. The Hall–Kier alpha value is -1.04. The third-order valence-electron chi connectivity index (χ3n) is 8.89. The Morgan fingerprint density at radius 2 is 1.89 bits per heavy atom. The molecule has 0 heterocycles. The maximum atomic E-state index is 12.6. The SMILES string of the molecule is CC1C[C@H]2[C@@H]3CC=C4CC(=O)CC[C@]4(C)[C@H]3CC[C@]2(C)[C@H]1C(=O)C(O)(O)O. The van der Waals surface area contributed by atoms with Gasteiger partial charge in [0.1, 0.15) is 5.78 Å². The normalized spacial score (nSPS) is 47.0. The van der Waals surface area contributed by atoms with Crippen molar-refractivity contribution in [1.29, 1.82) is 0 Å². The van der Waals surface area contributed by atoms with E-state index in [1.165, 1.54) is 5.57 Å². The second-order valence-corrected chi connectivity index (χ2v) is 10.2. The smallest absolute Gasteiger partial charge is 0.337 e. The zero-order valence-corrected chi connectivity index (χ0v) is 16.6. The van der Waals surface area contributed by atoms with E-state index < -0.39 is 17.7 Å². The lowest BCUT2D eigenvalue weighted by Crippen LogP contribution is -2.53. The van der Waals surface area contributed by atoms with Gasteiger partial charge in [0, 0.05) is 18.8 Å². The Labute approximate surface area is 160 Å². The number of ketones is 2. The molecule has 0 saturated heterocycles. The van der Waals surface area contributed by atoms with Crippen LogP contribution in [0.2, 0.25) is 0 Å². The number of fused-ring (bicyclic) bond motifs is 5. The summed E-state index contributed by atoms with van der Waals surface area (Å²) in [6.07, 6.45) is 8.14. The van der Waals surface area contributed by atoms with Gasteiger partial charge < -0.3 is 15.3 Å². The predicted octanol–water partition coefficient (Wildman–Crippen LogP) is 2.58. The largest absolute Gasteiger partial charge is 0.339 e. The second kappa shape index (κ2) is 5.98. The van der Waals surface area contributed by atoms with Crippen LogP contribution in [-0.4, -0.2) is 32.9 Å². The molecule has 0 aliphatic heterocycles. The van der Waals surface area contributed by atoms with Crippen molar-refractivity contribution in [2.45, 2.75) is 71.7 Å². The van der Waals surface area contributed by atoms with Crippen LogP contribution in [0.3, 0.4) is 0 Å². The molecular weight excluding hydrogens is 344 g/mol. The molecule has 4 aliphatic carbocycles. The van der Waals surface area contributed by atoms with Crippen molar-refractivity contribution in [1.82, 2.24) is 0 Å². The van der Waals surface area contributed by atoms with Crippen LogP contribution in [0, 0.1) is 40.4 Å². The summed E-state index contributed by atoms with van der Waals surface area (Å²) in [6, 6.07) is 0. The fraction of sp³-hybridized carbons (Fsp3) is 0.818. The molecule has 0 aromatic carbocycles. The van der Waals surface area contributed by atoms with Crippen LogP contribution in [0.1, 0.15) is 65.7 Å². The zero-order chi connectivity index (χ0) is 19.8. The number of allylic oxidation sites excluding steroid dienone is 2. The molecule has 0 radical (unpaired) electrons. The molecule has 3 fully saturated rings. The second-order valence-electron chi connectivity index (χ2n) is 10.2. The molecular formula is C22H32O5. The van der Waals surface area contributed by atoms with E-state index in [1.807, 2.05) is 6.92 Å². The standard InChI is InChI=1S/C22H32O5/c1-12-10-17-15-5-4-13-11-14(23)6-8-20(13,2)16(15)7-9-21(17,3)18(12)19(24)22(25,26)27/h4,12,15-18,25-27H,5-11H2,1-3H3/t12?,15-,16+,17+,18-,20+,21+/m1/s1. The van der Waals surface area contributed by atoms with Gasteiger partial charge >= 0.3 is 5.97 Å². The lowest BCUT2D eigenvalue weighted by molar-refractivity contribution is -0.292. The highest BCUT2D eigenvalue weighted by molar-refractivity contribution is 5.87. The van der Waals surface area contributed by atoms with Crippen molar-refractivity contribution in [2.24, 2.45) is 40.4 Å². The summed E-state index contributed by atoms with van der Waals surface area (Å²) in [7, 11) is 0. The van der Waals surface area contributed by atoms with Crippen LogP contribution in [0.25, 0.3) is 0 Å². The van der Waals surface area contributed by atoms with Crippen LogP contribution < -0.4 is 0 Å². The molecule has 0 amide bonds. The molecule has 0 aromatic rings. The maximum Gasteiger partial charge on any atom is 0.339 e. The van der Waals surface area contributed by atoms with E-state index in [0.717, 1.165) is 32.1 Å². The average molecular weight is 376 g/mol. The molecule has 150 valence electrons. The molecule has 5 nitrogen and oxygen atoms in total. The van der Waals surface area contributed by atoms with Gasteiger partial charge in [0.25, 0.3) is 0 Å². The van der Waals surface area contributed by atoms with Crippen LogP contribution in [0.4, 0.5) is 0 Å². The predicted molar refractivity (Wildman–Crippen MR) is 99.1 cm³/mol. The van der Waals surface area contributed by atoms with Crippen molar-refractivity contribution < 1.29 is 24.9 Å². The van der Waals surface area contributed by atoms with E-state index in [2.05, 4.69) is 19.9 Å². The van der Waals surface area contributed by atoms with Gasteiger partial charge in [-0.2, -0.15) is 0 Å². The zero-order valence-electron chi connectivity index (χ0n) is 16.6. The highest BCUT2D eigenvalue weighted by Gasteiger charge is 2.63. The molecule has 4 rings (SSSR count). The van der Waals surface area contributed by atoms with Gasteiger partial charge in [-0.15, -0.1) is 0 Å². The van der Waals surface area contributed by atoms with Crippen molar-refractivity contribution in [3.05, 3.63) is 11.6 Å². The van der Waals surface area contributed by atoms with Crippen molar-refractivity contribution in [3.63, 3.8) is 0 Å². The van der Waals surface area contributed by atoms with Crippen LogP contribution in [0.5, 0.6) is 0 Å². The van der Waals surface area contributed by atoms with Crippen molar-refractivity contribution in [2.75, 3.05) is 0 Å². The van der Waals surface area contributed by atoms with Gasteiger partial charge in [0.15, 0.2) is 0 Å². The van der Waals surface area contributed by atoms with E-state index in [-0.39, 0.29) is 16.7 Å². The number of carbonyl (C=O) groups is 2. The summed E-state index contributed by atoms with van der Waals surface area (Å²) >= 11 is 0. The summed E-state index contributed by atoms with van der Waals surface area (Å²) in [5.74, 6) is -2.96. The van der Waals surface area contributed by atoms with Crippen LogP contribution in [0.15, 0.2) is 11.6 Å². The van der Waals surface area contributed by atoms with Gasteiger partial charge in [0.05, 0.1) is 0 Å². The molecule has 1 unspecified atom stereocenters. The molecule has 3 saturated carbocycles. The van der Waals surface area contributed by atoms with Gasteiger partial charge in [0.2, 0.25) is 5.78 Å². The number of rotatable bonds is 2. The summed E-state index contributed by atoms with van der Waals surface area (Å²) in [4.78, 5) is 24.6. The third-order valence-corrected chi connectivity index (χ3v) is 8.89. The molecule has 4 aliphatic rings. The number of hydrogen-bond donors (Lipinski definition) is 3. The highest BCUT2D eigenvalue weighted by Crippen LogP contribution is 2.67. The monoisotopic (exact) mass is 376 g/mol. The first kappa shape index (κ1) is 19.3. The number of Topliss-reactive ketones (excluding diaryl/α,β-unsaturated/α-hetero) is 2. The lowest BCUT2D eigenvalue weighted by Gasteiger charge is -2.57.